The molecule has 1 heterocycles. The number of nitrogens with zero attached hydrogens (tertiary/aromatic N) is 1. The van der Waals surface area contributed by atoms with Gasteiger partial charge >= 0.3 is 0 Å². The zero-order chi connectivity index (χ0) is 23.5. The zero-order valence-corrected chi connectivity index (χ0v) is 20.8. The maximum Gasteiger partial charge on any atom is 0.217 e. The number of rotatable bonds is 5. The van der Waals surface area contributed by atoms with Crippen LogP contribution < -0.4 is 15.9 Å². The second kappa shape index (κ2) is 9.57. The Balaban J connectivity index is 1.62. The quantitative estimate of drug-likeness (QED) is 0.315. The molecule has 0 fully saturated rings. The number of hydrogen-bond donors (Lipinski definition) is 0. The normalized spacial score (nSPS) is 17.9. The highest BCUT2D eigenvalue weighted by Crippen LogP contribution is 2.41. The molecule has 0 aliphatic carbocycles. The van der Waals surface area contributed by atoms with Gasteiger partial charge in [0.1, 0.15) is 6.10 Å². The van der Waals surface area contributed by atoms with Crippen LogP contribution in [0.5, 0.6) is 0 Å². The Kier molecular flexibility index (Phi) is 6.35. The van der Waals surface area contributed by atoms with E-state index in [-0.39, 0.29) is 17.6 Å². The summed E-state index contributed by atoms with van der Waals surface area (Å²) in [7, 11) is -0.755. The molecular weight excluding hydrogens is 433 g/mol. The first-order valence-corrected chi connectivity index (χ1v) is 13.2. The van der Waals surface area contributed by atoms with Gasteiger partial charge in [0.2, 0.25) is 5.90 Å². The number of benzene rings is 4. The van der Waals surface area contributed by atoms with Crippen LogP contribution in [0.15, 0.2) is 120 Å². The molecule has 3 heteroatoms. The van der Waals surface area contributed by atoms with Crippen LogP contribution in [0, 0.1) is 5.41 Å². The van der Waals surface area contributed by atoms with E-state index in [1.54, 1.807) is 0 Å². The van der Waals surface area contributed by atoms with E-state index in [1.807, 2.05) is 0 Å². The van der Waals surface area contributed by atoms with Crippen molar-refractivity contribution in [3.8, 4) is 0 Å². The third-order valence-electron chi connectivity index (χ3n) is 6.20. The van der Waals surface area contributed by atoms with Gasteiger partial charge in [0.25, 0.3) is 0 Å². The summed E-state index contributed by atoms with van der Waals surface area (Å²) in [4.78, 5) is 5.22. The van der Waals surface area contributed by atoms with Crippen molar-refractivity contribution in [1.82, 2.24) is 0 Å². The van der Waals surface area contributed by atoms with E-state index in [0.717, 1.165) is 11.5 Å². The molecule has 5 rings (SSSR count). The Morgan fingerprint density at radius 2 is 1.15 bits per heavy atom. The van der Waals surface area contributed by atoms with Crippen molar-refractivity contribution < 1.29 is 4.74 Å². The first-order chi connectivity index (χ1) is 16.5. The average Bonchev–Trinajstić information content (AvgIpc) is 3.33. The molecule has 2 nitrogen and oxygen atoms in total. The molecular formula is C31H30NOP. The monoisotopic (exact) mass is 463 g/mol. The average molecular weight is 464 g/mol. The predicted octanol–water partition coefficient (Wildman–Crippen LogP) is 6.38. The van der Waals surface area contributed by atoms with E-state index < -0.39 is 7.92 Å². The van der Waals surface area contributed by atoms with Gasteiger partial charge in [-0.1, -0.05) is 130 Å². The minimum absolute atomic E-state index is 0.0270. The van der Waals surface area contributed by atoms with Crippen molar-refractivity contribution >= 4 is 29.7 Å². The zero-order valence-electron chi connectivity index (χ0n) is 19.9. The molecule has 0 unspecified atom stereocenters. The van der Waals surface area contributed by atoms with E-state index in [9.17, 15) is 0 Å². The Morgan fingerprint density at radius 3 is 1.71 bits per heavy atom. The predicted molar refractivity (Wildman–Crippen MR) is 145 cm³/mol. The highest BCUT2D eigenvalue weighted by Gasteiger charge is 2.41. The number of aliphatic imine (C=N–C) groups is 1. The van der Waals surface area contributed by atoms with Crippen LogP contribution in [0.1, 0.15) is 38.0 Å². The molecule has 1 aliphatic heterocycles. The van der Waals surface area contributed by atoms with Crippen LogP contribution in [-0.4, -0.2) is 11.9 Å². The molecule has 1 aliphatic rings. The lowest BCUT2D eigenvalue weighted by Gasteiger charge is -2.29. The molecule has 0 N–H and O–H groups in total. The van der Waals surface area contributed by atoms with Crippen molar-refractivity contribution in [3.05, 3.63) is 126 Å². The highest BCUT2D eigenvalue weighted by atomic mass is 31.1. The Morgan fingerprint density at radius 1 is 0.647 bits per heavy atom. The van der Waals surface area contributed by atoms with Crippen molar-refractivity contribution in [2.24, 2.45) is 10.4 Å². The fourth-order valence-electron chi connectivity index (χ4n) is 4.51. The maximum absolute atomic E-state index is 6.70. The Hall–Kier alpha value is -3.22. The lowest BCUT2D eigenvalue weighted by molar-refractivity contribution is 0.139. The van der Waals surface area contributed by atoms with Crippen LogP contribution in [0.4, 0.5) is 0 Å². The van der Waals surface area contributed by atoms with Gasteiger partial charge < -0.3 is 4.74 Å². The summed E-state index contributed by atoms with van der Waals surface area (Å²) in [5.41, 5.74) is 2.24. The minimum atomic E-state index is -0.755. The standard InChI is InChI=1S/C31H30NOP/c1-31(2,3)29-28(23-15-7-4-8-16-23)33-30(32-29)26-21-13-14-22-27(26)34(24-17-9-5-10-18-24)25-19-11-6-12-20-25/h4-22,28-29H,1-3H3/t28-,29+/m0/s1. The van der Waals surface area contributed by atoms with E-state index in [1.165, 1.54) is 21.5 Å². The molecule has 4 aromatic carbocycles. The summed E-state index contributed by atoms with van der Waals surface area (Å²) in [6, 6.07) is 40.8. The summed E-state index contributed by atoms with van der Waals surface area (Å²) >= 11 is 0. The summed E-state index contributed by atoms with van der Waals surface area (Å²) in [5, 5.41) is 3.92. The third kappa shape index (κ3) is 4.56. The van der Waals surface area contributed by atoms with Crippen molar-refractivity contribution in [1.29, 1.82) is 0 Å². The van der Waals surface area contributed by atoms with Gasteiger partial charge in [0.05, 0.1) is 6.04 Å². The van der Waals surface area contributed by atoms with Gasteiger partial charge in [0, 0.05) is 5.56 Å². The summed E-state index contributed by atoms with van der Waals surface area (Å²) < 4.78 is 6.70. The van der Waals surface area contributed by atoms with Crippen LogP contribution in [0.25, 0.3) is 0 Å². The molecule has 170 valence electrons. The number of ether oxygens (including phenoxy) is 1. The van der Waals surface area contributed by atoms with Gasteiger partial charge in [0.15, 0.2) is 0 Å². The largest absolute Gasteiger partial charge is 0.467 e. The van der Waals surface area contributed by atoms with E-state index in [2.05, 4.69) is 136 Å². The van der Waals surface area contributed by atoms with E-state index in [4.69, 9.17) is 9.73 Å². The highest BCUT2D eigenvalue weighted by molar-refractivity contribution is 7.80. The van der Waals surface area contributed by atoms with Crippen LogP contribution >= 0.6 is 7.92 Å². The molecule has 0 bridgehead atoms. The molecule has 0 spiro atoms. The third-order valence-corrected chi connectivity index (χ3v) is 8.70. The van der Waals surface area contributed by atoms with Gasteiger partial charge in [-0.3, -0.25) is 0 Å². The number of hydrogen-bond acceptors (Lipinski definition) is 2. The maximum atomic E-state index is 6.70. The van der Waals surface area contributed by atoms with Gasteiger partial charge in [-0.2, -0.15) is 0 Å². The second-order valence-corrected chi connectivity index (χ2v) is 11.9. The van der Waals surface area contributed by atoms with E-state index in [0.29, 0.717) is 0 Å². The SMILES string of the molecule is CC(C)(C)[C@@H]1N=C(c2ccccc2P(c2ccccc2)c2ccccc2)O[C@H]1c1ccccc1. The van der Waals surface area contributed by atoms with Crippen molar-refractivity contribution in [2.45, 2.75) is 32.9 Å². The lowest BCUT2D eigenvalue weighted by atomic mass is 9.82. The molecule has 0 radical (unpaired) electrons. The van der Waals surface area contributed by atoms with Crippen molar-refractivity contribution in [2.75, 3.05) is 0 Å². The van der Waals surface area contributed by atoms with Gasteiger partial charge in [-0.25, -0.2) is 4.99 Å². The molecule has 4 aromatic rings. The summed E-state index contributed by atoms with van der Waals surface area (Å²) in [5.74, 6) is 0.753. The topological polar surface area (TPSA) is 21.6 Å². The summed E-state index contributed by atoms with van der Waals surface area (Å²) in [6.45, 7) is 6.74. The van der Waals surface area contributed by atoms with Crippen LogP contribution in [-0.2, 0) is 4.74 Å². The first-order valence-electron chi connectivity index (χ1n) is 11.8. The molecule has 0 aromatic heterocycles. The fourth-order valence-corrected chi connectivity index (χ4v) is 6.96. The Bertz CT molecular complexity index is 1220. The molecule has 2 atom stereocenters. The smallest absolute Gasteiger partial charge is 0.217 e. The molecule has 0 amide bonds. The fraction of sp³-hybridized carbons (Fsp3) is 0.194. The first kappa shape index (κ1) is 22.6. The van der Waals surface area contributed by atoms with Crippen molar-refractivity contribution in [3.63, 3.8) is 0 Å². The van der Waals surface area contributed by atoms with E-state index >= 15 is 0 Å². The van der Waals surface area contributed by atoms with Gasteiger partial charge in [-0.05, 0) is 40.9 Å². The van der Waals surface area contributed by atoms with Crippen LogP contribution in [0.3, 0.4) is 0 Å². The van der Waals surface area contributed by atoms with Crippen LogP contribution in [0.2, 0.25) is 0 Å². The van der Waals surface area contributed by atoms with Gasteiger partial charge in [-0.15, -0.1) is 0 Å². The second-order valence-electron chi connectivity index (χ2n) is 9.72. The molecule has 34 heavy (non-hydrogen) atoms. The molecule has 0 saturated heterocycles. The lowest BCUT2D eigenvalue weighted by Crippen LogP contribution is -2.28. The summed E-state index contributed by atoms with van der Waals surface area (Å²) in [6.07, 6.45) is -0.0936. The Labute approximate surface area is 204 Å². The minimum Gasteiger partial charge on any atom is -0.467 e. The molecule has 0 saturated carbocycles.